The quantitative estimate of drug-likeness (QED) is 0.603. The maximum absolute atomic E-state index is 12.9. The Morgan fingerprint density at radius 2 is 2.50 bits per heavy atom. The molecule has 0 aromatic heterocycles. The molecule has 0 amide bonds. The molecule has 0 aliphatic heterocycles. The minimum absolute atomic E-state index is 0.127. The SMILES string of the molecule is FC1C=C(Cl)CCC1CBr. The van der Waals surface area contributed by atoms with Crippen LogP contribution in [-0.2, 0) is 0 Å². The van der Waals surface area contributed by atoms with E-state index in [0.717, 1.165) is 18.2 Å². The predicted octanol–water partition coefficient (Wildman–Crippen LogP) is 3.25. The minimum Gasteiger partial charge on any atom is -0.243 e. The second kappa shape index (κ2) is 3.72. The van der Waals surface area contributed by atoms with E-state index in [1.165, 1.54) is 6.08 Å². The molecule has 0 heterocycles. The van der Waals surface area contributed by atoms with E-state index in [2.05, 4.69) is 15.9 Å². The first-order valence-corrected chi connectivity index (χ1v) is 4.80. The van der Waals surface area contributed by atoms with Crippen LogP contribution in [0.25, 0.3) is 0 Å². The van der Waals surface area contributed by atoms with Gasteiger partial charge in [-0.3, -0.25) is 0 Å². The molecule has 1 rings (SSSR count). The zero-order valence-corrected chi connectivity index (χ0v) is 7.83. The van der Waals surface area contributed by atoms with Crippen molar-refractivity contribution in [2.75, 3.05) is 5.33 Å². The molecular weight excluding hydrogens is 218 g/mol. The van der Waals surface area contributed by atoms with E-state index in [0.29, 0.717) is 5.03 Å². The first kappa shape index (κ1) is 8.54. The van der Waals surface area contributed by atoms with Gasteiger partial charge >= 0.3 is 0 Å². The fourth-order valence-electron chi connectivity index (χ4n) is 1.04. The molecule has 0 fully saturated rings. The average Bonchev–Trinajstić information content (AvgIpc) is 1.88. The van der Waals surface area contributed by atoms with Gasteiger partial charge < -0.3 is 0 Å². The van der Waals surface area contributed by atoms with Gasteiger partial charge in [-0.2, -0.15) is 0 Å². The number of alkyl halides is 2. The summed E-state index contributed by atoms with van der Waals surface area (Å²) in [7, 11) is 0. The van der Waals surface area contributed by atoms with Crippen LogP contribution in [0, 0.1) is 5.92 Å². The maximum Gasteiger partial charge on any atom is 0.123 e. The van der Waals surface area contributed by atoms with Crippen LogP contribution in [0.15, 0.2) is 11.1 Å². The van der Waals surface area contributed by atoms with Crippen molar-refractivity contribution in [1.29, 1.82) is 0 Å². The molecule has 0 nitrogen and oxygen atoms in total. The number of hydrogen-bond acceptors (Lipinski definition) is 0. The molecule has 58 valence electrons. The van der Waals surface area contributed by atoms with Crippen LogP contribution >= 0.6 is 27.5 Å². The zero-order chi connectivity index (χ0) is 7.56. The third-order valence-electron chi connectivity index (χ3n) is 1.74. The monoisotopic (exact) mass is 226 g/mol. The summed E-state index contributed by atoms with van der Waals surface area (Å²) in [4.78, 5) is 0. The van der Waals surface area contributed by atoms with E-state index in [1.54, 1.807) is 0 Å². The highest BCUT2D eigenvalue weighted by Gasteiger charge is 2.22. The lowest BCUT2D eigenvalue weighted by Crippen LogP contribution is -2.18. The first-order valence-electron chi connectivity index (χ1n) is 3.30. The maximum atomic E-state index is 12.9. The molecule has 0 radical (unpaired) electrons. The van der Waals surface area contributed by atoms with Gasteiger partial charge in [0.1, 0.15) is 6.17 Å². The second-order valence-electron chi connectivity index (χ2n) is 2.51. The average molecular weight is 228 g/mol. The van der Waals surface area contributed by atoms with Gasteiger partial charge in [-0.1, -0.05) is 27.5 Å². The molecule has 0 bridgehead atoms. The number of hydrogen-bond donors (Lipinski definition) is 0. The van der Waals surface area contributed by atoms with Crippen molar-refractivity contribution in [2.24, 2.45) is 5.92 Å². The normalized spacial score (nSPS) is 33.7. The Hall–Kier alpha value is 0.440. The third kappa shape index (κ3) is 1.96. The van der Waals surface area contributed by atoms with E-state index in [-0.39, 0.29) is 5.92 Å². The van der Waals surface area contributed by atoms with Gasteiger partial charge in [0.15, 0.2) is 0 Å². The lowest BCUT2D eigenvalue weighted by atomic mass is 9.95. The molecule has 0 aromatic carbocycles. The van der Waals surface area contributed by atoms with Crippen molar-refractivity contribution in [3.63, 3.8) is 0 Å². The molecule has 0 saturated heterocycles. The summed E-state index contributed by atoms with van der Waals surface area (Å²) < 4.78 is 12.9. The molecule has 0 spiro atoms. The molecule has 2 atom stereocenters. The summed E-state index contributed by atoms with van der Waals surface area (Å²) >= 11 is 8.90. The molecule has 0 aromatic rings. The summed E-state index contributed by atoms with van der Waals surface area (Å²) in [6.07, 6.45) is 2.36. The van der Waals surface area contributed by atoms with Gasteiger partial charge in [0.05, 0.1) is 0 Å². The number of allylic oxidation sites excluding steroid dienone is 2. The Labute approximate surface area is 73.6 Å². The van der Waals surface area contributed by atoms with Crippen molar-refractivity contribution in [1.82, 2.24) is 0 Å². The molecule has 10 heavy (non-hydrogen) atoms. The van der Waals surface area contributed by atoms with Gasteiger partial charge in [0, 0.05) is 16.3 Å². The molecule has 1 aliphatic carbocycles. The fraction of sp³-hybridized carbons (Fsp3) is 0.714. The zero-order valence-electron chi connectivity index (χ0n) is 5.49. The highest BCUT2D eigenvalue weighted by atomic mass is 79.9. The van der Waals surface area contributed by atoms with Crippen LogP contribution in [0.5, 0.6) is 0 Å². The summed E-state index contributed by atoms with van der Waals surface area (Å²) in [5, 5.41) is 1.40. The van der Waals surface area contributed by atoms with E-state index in [4.69, 9.17) is 11.6 Å². The van der Waals surface area contributed by atoms with Gasteiger partial charge in [-0.05, 0) is 18.9 Å². The molecular formula is C7H9BrClF. The Kier molecular flexibility index (Phi) is 3.18. The van der Waals surface area contributed by atoms with E-state index in [9.17, 15) is 4.39 Å². The van der Waals surface area contributed by atoms with Crippen molar-refractivity contribution in [3.05, 3.63) is 11.1 Å². The Balaban J connectivity index is 2.55. The lowest BCUT2D eigenvalue weighted by molar-refractivity contribution is 0.279. The Morgan fingerprint density at radius 1 is 1.80 bits per heavy atom. The summed E-state index contributed by atoms with van der Waals surface area (Å²) in [5.74, 6) is 0.127. The molecule has 2 unspecified atom stereocenters. The van der Waals surface area contributed by atoms with Crippen LogP contribution in [0.1, 0.15) is 12.8 Å². The first-order chi connectivity index (χ1) is 4.74. The molecule has 3 heteroatoms. The molecule has 0 N–H and O–H groups in total. The molecule has 0 saturated carbocycles. The Morgan fingerprint density at radius 3 is 3.00 bits per heavy atom. The van der Waals surface area contributed by atoms with Crippen molar-refractivity contribution >= 4 is 27.5 Å². The lowest BCUT2D eigenvalue weighted by Gasteiger charge is -2.20. The third-order valence-corrected chi connectivity index (χ3v) is 2.89. The summed E-state index contributed by atoms with van der Waals surface area (Å²) in [6.45, 7) is 0. The number of rotatable bonds is 1. The van der Waals surface area contributed by atoms with Crippen molar-refractivity contribution in [3.8, 4) is 0 Å². The van der Waals surface area contributed by atoms with Crippen LogP contribution in [0.3, 0.4) is 0 Å². The van der Waals surface area contributed by atoms with E-state index in [1.807, 2.05) is 0 Å². The van der Waals surface area contributed by atoms with Crippen LogP contribution in [0.2, 0.25) is 0 Å². The van der Waals surface area contributed by atoms with E-state index >= 15 is 0 Å². The van der Waals surface area contributed by atoms with E-state index < -0.39 is 6.17 Å². The Bertz CT molecular complexity index is 147. The largest absolute Gasteiger partial charge is 0.243 e. The van der Waals surface area contributed by atoms with Gasteiger partial charge in [-0.25, -0.2) is 4.39 Å². The highest BCUT2D eigenvalue weighted by molar-refractivity contribution is 9.09. The van der Waals surface area contributed by atoms with Crippen molar-refractivity contribution < 1.29 is 4.39 Å². The van der Waals surface area contributed by atoms with Gasteiger partial charge in [0.2, 0.25) is 0 Å². The smallest absolute Gasteiger partial charge is 0.123 e. The number of halogens is 3. The minimum atomic E-state index is -0.847. The van der Waals surface area contributed by atoms with Crippen LogP contribution in [0.4, 0.5) is 4.39 Å². The second-order valence-corrected chi connectivity index (χ2v) is 3.64. The van der Waals surface area contributed by atoms with Crippen molar-refractivity contribution in [2.45, 2.75) is 19.0 Å². The summed E-state index contributed by atoms with van der Waals surface area (Å²) in [5.41, 5.74) is 0. The molecule has 1 aliphatic rings. The van der Waals surface area contributed by atoms with Crippen LogP contribution < -0.4 is 0 Å². The highest BCUT2D eigenvalue weighted by Crippen LogP contribution is 2.28. The summed E-state index contributed by atoms with van der Waals surface area (Å²) in [6, 6.07) is 0. The standard InChI is InChI=1S/C7H9BrClF/c8-4-5-1-2-6(9)3-7(5)10/h3,5,7H,1-2,4H2. The van der Waals surface area contributed by atoms with Gasteiger partial charge in [0.25, 0.3) is 0 Å². The fourth-order valence-corrected chi connectivity index (χ4v) is 1.95. The topological polar surface area (TPSA) is 0 Å². The van der Waals surface area contributed by atoms with Crippen LogP contribution in [-0.4, -0.2) is 11.5 Å². The predicted molar refractivity (Wildman–Crippen MR) is 45.4 cm³/mol. The van der Waals surface area contributed by atoms with Gasteiger partial charge in [-0.15, -0.1) is 0 Å².